The third kappa shape index (κ3) is 3.80. The maximum Gasteiger partial charge on any atom is 0.338 e. The van der Waals surface area contributed by atoms with Crippen LogP contribution in [-0.2, 0) is 15.6 Å². The van der Waals surface area contributed by atoms with Crippen molar-refractivity contribution >= 4 is 17.3 Å². The molecule has 0 aliphatic heterocycles. The van der Waals surface area contributed by atoms with Crippen molar-refractivity contribution in [2.75, 3.05) is 11.5 Å². The van der Waals surface area contributed by atoms with Crippen molar-refractivity contribution in [2.45, 2.75) is 77.2 Å². The maximum absolute atomic E-state index is 12.0. The number of fused-ring (bicyclic) bond motifs is 1. The molecule has 0 N–H and O–H groups in total. The minimum atomic E-state index is -0.255. The maximum atomic E-state index is 12.0. The molecular weight excluding hydrogens is 358 g/mol. The van der Waals surface area contributed by atoms with Crippen molar-refractivity contribution in [3.05, 3.63) is 59.2 Å². The molecule has 4 rings (SSSR count). The van der Waals surface area contributed by atoms with Crippen molar-refractivity contribution in [1.82, 2.24) is 0 Å². The average Bonchev–Trinajstić information content (AvgIpc) is 3.52. The topological polar surface area (TPSA) is 29.5 Å². The predicted molar refractivity (Wildman–Crippen MR) is 119 cm³/mol. The highest BCUT2D eigenvalue weighted by Gasteiger charge is 2.38. The minimum Gasteiger partial charge on any atom is -0.462 e. The summed E-state index contributed by atoms with van der Waals surface area (Å²) in [4.78, 5) is 14.5. The lowest BCUT2D eigenvalue weighted by molar-refractivity contribution is 0.0526. The number of hydrogen-bond donors (Lipinski definition) is 0. The van der Waals surface area contributed by atoms with E-state index >= 15 is 0 Å². The van der Waals surface area contributed by atoms with Crippen molar-refractivity contribution in [2.24, 2.45) is 0 Å². The van der Waals surface area contributed by atoms with Gasteiger partial charge in [0.25, 0.3) is 0 Å². The van der Waals surface area contributed by atoms with E-state index < -0.39 is 0 Å². The lowest BCUT2D eigenvalue weighted by Gasteiger charge is -2.42. The highest BCUT2D eigenvalue weighted by molar-refractivity contribution is 5.90. The largest absolute Gasteiger partial charge is 0.462 e. The number of nitrogens with zero attached hydrogens (tertiary/aromatic N) is 1. The standard InChI is InChI=1S/C26H33NO2/c1-6-29-24(28)18-7-9-19(10-8-18)27(20-11-12-20)21-13-14-22-23(17-21)26(4,5)16-15-25(22,2)3/h7-10,13-14,17,20H,6,11-12,15-16H2,1-5H3. The van der Waals surface area contributed by atoms with Crippen LogP contribution in [0.4, 0.5) is 11.4 Å². The number of hydrogen-bond acceptors (Lipinski definition) is 3. The van der Waals surface area contributed by atoms with Gasteiger partial charge in [-0.25, -0.2) is 4.79 Å². The van der Waals surface area contributed by atoms with Crippen LogP contribution in [0.3, 0.4) is 0 Å². The summed E-state index contributed by atoms with van der Waals surface area (Å²) in [6, 6.07) is 15.5. The molecule has 2 aliphatic carbocycles. The molecule has 0 unspecified atom stereocenters. The molecule has 0 aromatic heterocycles. The van der Waals surface area contributed by atoms with Crippen LogP contribution in [0.1, 0.15) is 81.8 Å². The van der Waals surface area contributed by atoms with E-state index in [4.69, 9.17) is 4.74 Å². The van der Waals surface area contributed by atoms with Gasteiger partial charge in [0.1, 0.15) is 0 Å². The summed E-state index contributed by atoms with van der Waals surface area (Å²) in [6.45, 7) is 11.7. The quantitative estimate of drug-likeness (QED) is 0.544. The molecule has 154 valence electrons. The first-order valence-corrected chi connectivity index (χ1v) is 10.9. The van der Waals surface area contributed by atoms with Gasteiger partial charge in [0, 0.05) is 17.4 Å². The van der Waals surface area contributed by atoms with Crippen LogP contribution in [0.15, 0.2) is 42.5 Å². The number of ether oxygens (including phenoxy) is 1. The number of carbonyl (C=O) groups excluding carboxylic acids is 1. The van der Waals surface area contributed by atoms with E-state index in [1.165, 1.54) is 42.5 Å². The van der Waals surface area contributed by atoms with Gasteiger partial charge in [-0.15, -0.1) is 0 Å². The molecule has 1 saturated carbocycles. The molecule has 0 amide bonds. The smallest absolute Gasteiger partial charge is 0.338 e. The Hall–Kier alpha value is -2.29. The lowest BCUT2D eigenvalue weighted by atomic mass is 9.63. The molecule has 0 radical (unpaired) electrons. The fourth-order valence-electron chi connectivity index (χ4n) is 4.60. The Balaban J connectivity index is 1.71. The zero-order chi connectivity index (χ0) is 20.8. The van der Waals surface area contributed by atoms with Gasteiger partial charge in [-0.05, 0) is 91.0 Å². The highest BCUT2D eigenvalue weighted by atomic mass is 16.5. The first-order chi connectivity index (χ1) is 13.7. The second-order valence-electron chi connectivity index (χ2n) is 9.87. The zero-order valence-corrected chi connectivity index (χ0v) is 18.4. The van der Waals surface area contributed by atoms with Gasteiger partial charge >= 0.3 is 5.97 Å². The van der Waals surface area contributed by atoms with E-state index in [-0.39, 0.29) is 16.8 Å². The minimum absolute atomic E-state index is 0.198. The summed E-state index contributed by atoms with van der Waals surface area (Å²) >= 11 is 0. The van der Waals surface area contributed by atoms with E-state index in [9.17, 15) is 4.79 Å². The number of anilines is 2. The van der Waals surface area contributed by atoms with Crippen LogP contribution in [0.25, 0.3) is 0 Å². The van der Waals surface area contributed by atoms with Crippen LogP contribution < -0.4 is 4.90 Å². The Bertz CT molecular complexity index is 907. The molecule has 2 aliphatic rings. The molecule has 0 bridgehead atoms. The third-order valence-corrected chi connectivity index (χ3v) is 6.68. The Kier molecular flexibility index (Phi) is 4.96. The van der Waals surface area contributed by atoms with E-state index in [1.807, 2.05) is 19.1 Å². The van der Waals surface area contributed by atoms with Crippen LogP contribution in [0.5, 0.6) is 0 Å². The lowest BCUT2D eigenvalue weighted by Crippen LogP contribution is -2.34. The molecule has 2 aromatic rings. The summed E-state index contributed by atoms with van der Waals surface area (Å²) in [7, 11) is 0. The summed E-state index contributed by atoms with van der Waals surface area (Å²) in [5, 5.41) is 0. The molecule has 2 aromatic carbocycles. The monoisotopic (exact) mass is 391 g/mol. The normalized spacial score (nSPS) is 19.3. The molecule has 3 heteroatoms. The molecule has 0 heterocycles. The highest BCUT2D eigenvalue weighted by Crippen LogP contribution is 2.48. The third-order valence-electron chi connectivity index (χ3n) is 6.68. The van der Waals surface area contributed by atoms with Crippen molar-refractivity contribution < 1.29 is 9.53 Å². The van der Waals surface area contributed by atoms with E-state index in [0.717, 1.165) is 5.69 Å². The molecule has 1 fully saturated rings. The van der Waals surface area contributed by atoms with Gasteiger partial charge in [0.05, 0.1) is 12.2 Å². The van der Waals surface area contributed by atoms with Crippen LogP contribution in [0.2, 0.25) is 0 Å². The van der Waals surface area contributed by atoms with Gasteiger partial charge in [-0.1, -0.05) is 33.8 Å². The summed E-state index contributed by atoms with van der Waals surface area (Å²) in [6.07, 6.45) is 4.87. The van der Waals surface area contributed by atoms with Gasteiger partial charge in [-0.3, -0.25) is 0 Å². The fourth-order valence-corrected chi connectivity index (χ4v) is 4.60. The van der Waals surface area contributed by atoms with Crippen LogP contribution in [0, 0.1) is 0 Å². The van der Waals surface area contributed by atoms with Crippen molar-refractivity contribution in [1.29, 1.82) is 0 Å². The Morgan fingerprint density at radius 1 is 0.931 bits per heavy atom. The van der Waals surface area contributed by atoms with Gasteiger partial charge in [0.15, 0.2) is 0 Å². The molecule has 0 saturated heterocycles. The van der Waals surface area contributed by atoms with Crippen molar-refractivity contribution in [3.8, 4) is 0 Å². The number of esters is 1. The fraction of sp³-hybridized carbons (Fsp3) is 0.500. The predicted octanol–water partition coefficient (Wildman–Crippen LogP) is 6.51. The Morgan fingerprint density at radius 3 is 2.10 bits per heavy atom. The van der Waals surface area contributed by atoms with E-state index in [1.54, 1.807) is 0 Å². The zero-order valence-electron chi connectivity index (χ0n) is 18.4. The van der Waals surface area contributed by atoms with E-state index in [0.29, 0.717) is 18.2 Å². The van der Waals surface area contributed by atoms with Gasteiger partial charge in [0.2, 0.25) is 0 Å². The summed E-state index contributed by atoms with van der Waals surface area (Å²) in [5.41, 5.74) is 6.43. The Morgan fingerprint density at radius 2 is 1.52 bits per heavy atom. The number of rotatable bonds is 5. The molecule has 29 heavy (non-hydrogen) atoms. The van der Waals surface area contributed by atoms with Crippen LogP contribution in [-0.4, -0.2) is 18.6 Å². The molecule has 0 spiro atoms. The second kappa shape index (κ2) is 7.19. The number of benzene rings is 2. The second-order valence-corrected chi connectivity index (χ2v) is 9.87. The first-order valence-electron chi connectivity index (χ1n) is 10.9. The SMILES string of the molecule is CCOC(=O)c1ccc(N(c2ccc3c(c2)C(C)(C)CCC3(C)C)C2CC2)cc1. The van der Waals surface area contributed by atoms with Gasteiger partial charge in [-0.2, -0.15) is 0 Å². The average molecular weight is 392 g/mol. The van der Waals surface area contributed by atoms with Crippen molar-refractivity contribution in [3.63, 3.8) is 0 Å². The molecule has 3 nitrogen and oxygen atoms in total. The van der Waals surface area contributed by atoms with Crippen LogP contribution >= 0.6 is 0 Å². The first kappa shape index (κ1) is 20.0. The van der Waals surface area contributed by atoms with Gasteiger partial charge < -0.3 is 9.64 Å². The summed E-state index contributed by atoms with van der Waals surface area (Å²) in [5.74, 6) is -0.255. The number of carbonyl (C=O) groups is 1. The van der Waals surface area contributed by atoms with E-state index in [2.05, 4.69) is 62.9 Å². The summed E-state index contributed by atoms with van der Waals surface area (Å²) < 4.78 is 5.12. The molecule has 0 atom stereocenters. The molecular formula is C26H33NO2. The Labute approximate surface area is 175 Å².